The molecule has 2 atom stereocenters. The first kappa shape index (κ1) is 58.4. The molecule has 424 valence electrons. The van der Waals surface area contributed by atoms with Crippen molar-refractivity contribution in [1.82, 2.24) is 0 Å². The second-order valence-corrected chi connectivity index (χ2v) is 24.9. The van der Waals surface area contributed by atoms with Crippen LogP contribution >= 0.6 is 11.8 Å². The van der Waals surface area contributed by atoms with Gasteiger partial charge in [0.25, 0.3) is 0 Å². The van der Waals surface area contributed by atoms with Crippen molar-refractivity contribution in [2.75, 3.05) is 34.0 Å². The Morgan fingerprint density at radius 3 is 2.02 bits per heavy atom. The molecule has 10 heteroatoms. The molecule has 9 rings (SSSR count). The van der Waals surface area contributed by atoms with Crippen LogP contribution in [-0.2, 0) is 34.8 Å². The lowest BCUT2D eigenvalue weighted by Crippen LogP contribution is -2.39. The molecule has 2 aliphatic carbocycles. The van der Waals surface area contributed by atoms with Gasteiger partial charge in [-0.1, -0.05) is 138 Å². The molecule has 0 saturated heterocycles. The van der Waals surface area contributed by atoms with Gasteiger partial charge in [-0.25, -0.2) is 0 Å². The fraction of sp³-hybridized carbons (Fsp3) is 0.457. The molecule has 1 aliphatic heterocycles. The van der Waals surface area contributed by atoms with Gasteiger partial charge < -0.3 is 33.2 Å². The van der Waals surface area contributed by atoms with Crippen LogP contribution in [-0.4, -0.2) is 57.2 Å². The summed E-state index contributed by atoms with van der Waals surface area (Å²) in [6, 6.07) is 36.4. The second-order valence-electron chi connectivity index (χ2n) is 23.8. The van der Waals surface area contributed by atoms with Gasteiger partial charge in [-0.05, 0) is 160 Å². The molecule has 0 bridgehead atoms. The Hall–Kier alpha value is -6.23. The molecule has 80 heavy (non-hydrogen) atoms. The summed E-state index contributed by atoms with van der Waals surface area (Å²) < 4.78 is 43.6. The molecule has 1 fully saturated rings. The van der Waals surface area contributed by atoms with E-state index < -0.39 is 23.1 Å². The Morgan fingerprint density at radius 2 is 1.39 bits per heavy atom. The van der Waals surface area contributed by atoms with Crippen LogP contribution in [0.1, 0.15) is 165 Å². The fourth-order valence-electron chi connectivity index (χ4n) is 12.5. The van der Waals surface area contributed by atoms with E-state index in [1.807, 2.05) is 45.0 Å². The summed E-state index contributed by atoms with van der Waals surface area (Å²) in [6.07, 6.45) is 14.4. The quantitative estimate of drug-likeness (QED) is 0.0456. The summed E-state index contributed by atoms with van der Waals surface area (Å²) in [5, 5.41) is 2.15. The first-order chi connectivity index (χ1) is 38.4. The van der Waals surface area contributed by atoms with Crippen molar-refractivity contribution < 1.29 is 42.7 Å². The zero-order valence-corrected chi connectivity index (χ0v) is 50.3. The van der Waals surface area contributed by atoms with E-state index in [1.54, 1.807) is 26.0 Å². The number of esters is 2. The molecule has 2 unspecified atom stereocenters. The van der Waals surface area contributed by atoms with E-state index in [2.05, 4.69) is 139 Å². The molecule has 1 spiro atoms. The smallest absolute Gasteiger partial charge is 0.306 e. The Morgan fingerprint density at radius 1 is 0.738 bits per heavy atom. The van der Waals surface area contributed by atoms with Gasteiger partial charge in [0.1, 0.15) is 41.8 Å². The number of benzene rings is 6. The van der Waals surface area contributed by atoms with Gasteiger partial charge >= 0.3 is 11.9 Å². The van der Waals surface area contributed by atoms with Crippen molar-refractivity contribution in [2.24, 2.45) is 11.3 Å². The normalized spacial score (nSPS) is 17.2. The summed E-state index contributed by atoms with van der Waals surface area (Å²) in [5.41, 5.74) is 8.89. The van der Waals surface area contributed by atoms with Gasteiger partial charge in [0, 0.05) is 38.3 Å². The second kappa shape index (κ2) is 24.1. The van der Waals surface area contributed by atoms with E-state index in [9.17, 15) is 9.59 Å². The van der Waals surface area contributed by atoms with Crippen LogP contribution < -0.4 is 18.9 Å². The Balaban J connectivity index is 1.00. The van der Waals surface area contributed by atoms with Crippen LogP contribution in [0, 0.1) is 25.2 Å². The zero-order valence-electron chi connectivity index (χ0n) is 49.5. The van der Waals surface area contributed by atoms with Gasteiger partial charge in [-0.3, -0.25) is 9.59 Å². The number of ether oxygens (including phenoxy) is 7. The predicted molar refractivity (Wildman–Crippen MR) is 323 cm³/mol. The molecule has 3 aliphatic rings. The first-order valence-electron chi connectivity index (χ1n) is 29.2. The number of rotatable bonds is 23. The number of carbonyl (C=O) groups is 2. The minimum Gasteiger partial charge on any atom is -0.497 e. The third kappa shape index (κ3) is 11.6. The maximum absolute atomic E-state index is 12.9. The Bertz CT molecular complexity index is 3190. The summed E-state index contributed by atoms with van der Waals surface area (Å²) in [5.74, 6) is 2.00. The summed E-state index contributed by atoms with van der Waals surface area (Å²) in [4.78, 5) is 28.0. The summed E-state index contributed by atoms with van der Waals surface area (Å²) >= 11 is 1.77. The third-order valence-electron chi connectivity index (χ3n) is 18.2. The molecule has 1 heterocycles. The minimum absolute atomic E-state index is 0.0244. The van der Waals surface area contributed by atoms with Crippen LogP contribution in [0.25, 0.3) is 28.0 Å². The predicted octanol–water partition coefficient (Wildman–Crippen LogP) is 17.3. The number of carbonyl (C=O) groups excluding carboxylic acids is 2. The molecule has 1 saturated carbocycles. The number of aryl methyl sites for hydroxylation is 2. The van der Waals surface area contributed by atoms with E-state index in [1.165, 1.54) is 51.1 Å². The number of unbranched alkanes of at least 4 members (excludes halogenated alkanes) is 1. The Kier molecular flexibility index (Phi) is 17.6. The zero-order chi connectivity index (χ0) is 57.0. The van der Waals surface area contributed by atoms with Crippen molar-refractivity contribution in [1.29, 1.82) is 0 Å². The van der Waals surface area contributed by atoms with E-state index in [-0.39, 0.29) is 43.0 Å². The van der Waals surface area contributed by atoms with Crippen molar-refractivity contribution in [3.8, 4) is 34.1 Å². The largest absolute Gasteiger partial charge is 0.497 e. The lowest BCUT2D eigenvalue weighted by Gasteiger charge is -2.47. The third-order valence-corrected chi connectivity index (χ3v) is 19.6. The highest BCUT2D eigenvalue weighted by Gasteiger charge is 2.52. The van der Waals surface area contributed by atoms with Gasteiger partial charge in [0.05, 0.1) is 44.2 Å². The van der Waals surface area contributed by atoms with Crippen molar-refractivity contribution >= 4 is 40.5 Å². The Labute approximate surface area is 480 Å². The SMILES string of the molecule is CCCCC(C)(C)OCC(C)C(C)(C)OC(=O)CCC(=O)OCCOc1ccc(C2(c3ccc(OC)cc3)C=Cc3c4c(c5cc(Sc6c(C)cccc6C)c(OC)cc5c3O2)-c2ccccc2C42CCC(CC)(CC)CC2)cc1. The molecule has 6 aromatic rings. The van der Waals surface area contributed by atoms with E-state index in [0.29, 0.717) is 17.8 Å². The number of fused-ring (bicyclic) bond motifs is 10. The molecule has 0 amide bonds. The average molecular weight is 1100 g/mol. The van der Waals surface area contributed by atoms with Crippen molar-refractivity contribution in [3.63, 3.8) is 0 Å². The van der Waals surface area contributed by atoms with Crippen LogP contribution in [0.3, 0.4) is 0 Å². The van der Waals surface area contributed by atoms with Crippen LogP contribution in [0.5, 0.6) is 23.0 Å². The summed E-state index contributed by atoms with van der Waals surface area (Å²) in [6.45, 7) is 21.9. The van der Waals surface area contributed by atoms with Crippen molar-refractivity contribution in [2.45, 2.75) is 172 Å². The highest BCUT2D eigenvalue weighted by molar-refractivity contribution is 7.99. The van der Waals surface area contributed by atoms with Gasteiger partial charge in [-0.2, -0.15) is 0 Å². The number of methoxy groups -OCH3 is 2. The number of hydrogen-bond acceptors (Lipinski definition) is 10. The molecule has 6 aromatic carbocycles. The minimum atomic E-state index is -1.06. The van der Waals surface area contributed by atoms with Gasteiger partial charge in [0.15, 0.2) is 5.60 Å². The molecule has 0 aromatic heterocycles. The first-order valence-corrected chi connectivity index (χ1v) is 30.0. The van der Waals surface area contributed by atoms with Gasteiger partial charge in [-0.15, -0.1) is 0 Å². The van der Waals surface area contributed by atoms with E-state index in [0.717, 1.165) is 94.6 Å². The monoisotopic (exact) mass is 1100 g/mol. The van der Waals surface area contributed by atoms with E-state index in [4.69, 9.17) is 33.2 Å². The average Bonchev–Trinajstić information content (AvgIpc) is 3.95. The molecular formula is C70H84O9S. The fourth-order valence-corrected chi connectivity index (χ4v) is 13.6. The van der Waals surface area contributed by atoms with Gasteiger partial charge in [0.2, 0.25) is 0 Å². The number of hydrogen-bond donors (Lipinski definition) is 0. The van der Waals surface area contributed by atoms with Crippen molar-refractivity contribution in [3.05, 3.63) is 148 Å². The van der Waals surface area contributed by atoms with Crippen LogP contribution in [0.4, 0.5) is 0 Å². The van der Waals surface area contributed by atoms with E-state index >= 15 is 0 Å². The summed E-state index contributed by atoms with van der Waals surface area (Å²) in [7, 11) is 3.45. The molecular weight excluding hydrogens is 1020 g/mol. The maximum Gasteiger partial charge on any atom is 0.306 e. The molecule has 0 N–H and O–H groups in total. The lowest BCUT2D eigenvalue weighted by atomic mass is 9.58. The standard InChI is InChI=1S/C70H84O9S/c1-13-16-35-66(7,8)77-45-48(6)67(9,10)78-61(72)33-32-60(71)76-42-41-75-52-30-26-50(27-31-52)70(49-24-28-51(73-11)29-25-49)36-34-54-63-62(53-22-17-18-23-57(53)69(63)39-37-68(14-2,15-3)38-40-69)55-44-59(58(74-12)43-56(55)64(54)79-70)80-65-46(4)20-19-21-47(65)5/h17-31,34,36,43-44,48H,13-16,32-33,35,37-42,45H2,1-12H3. The molecule has 9 nitrogen and oxygen atoms in total. The molecule has 0 radical (unpaired) electrons. The highest BCUT2D eigenvalue weighted by Crippen LogP contribution is 2.65. The lowest BCUT2D eigenvalue weighted by molar-refractivity contribution is -0.167. The van der Waals surface area contributed by atoms with Crippen LogP contribution in [0.15, 0.2) is 119 Å². The topological polar surface area (TPSA) is 98.8 Å². The maximum atomic E-state index is 12.9. The highest BCUT2D eigenvalue weighted by atomic mass is 32.2. The van der Waals surface area contributed by atoms with Crippen LogP contribution in [0.2, 0.25) is 0 Å².